The van der Waals surface area contributed by atoms with Crippen LogP contribution in [0.3, 0.4) is 0 Å². The van der Waals surface area contributed by atoms with Gasteiger partial charge in [0.05, 0.1) is 10.0 Å². The summed E-state index contributed by atoms with van der Waals surface area (Å²) in [4.78, 5) is 0. The number of unbranched alkanes of at least 4 members (excludes halogenated alkanes) is 1. The summed E-state index contributed by atoms with van der Waals surface area (Å²) in [6.07, 6.45) is 5.69. The summed E-state index contributed by atoms with van der Waals surface area (Å²) in [5, 5.41) is 1.39. The third-order valence-electron chi connectivity index (χ3n) is 3.38. The van der Waals surface area contributed by atoms with E-state index in [2.05, 4.69) is 13.8 Å². The lowest BCUT2D eigenvalue weighted by Crippen LogP contribution is -2.17. The van der Waals surface area contributed by atoms with Crippen molar-refractivity contribution in [2.75, 3.05) is 0 Å². The van der Waals surface area contributed by atoms with Crippen LogP contribution in [0, 0.1) is 5.92 Å². The third-order valence-corrected chi connectivity index (χ3v) is 4.63. The molecule has 0 saturated heterocycles. The van der Waals surface area contributed by atoms with Crippen molar-refractivity contribution in [3.8, 4) is 0 Å². The van der Waals surface area contributed by atoms with Gasteiger partial charge in [-0.3, -0.25) is 0 Å². The van der Waals surface area contributed by atoms with E-state index >= 15 is 0 Å². The van der Waals surface area contributed by atoms with Gasteiger partial charge in [0.15, 0.2) is 0 Å². The van der Waals surface area contributed by atoms with Gasteiger partial charge < -0.3 is 0 Å². The van der Waals surface area contributed by atoms with Gasteiger partial charge in [-0.15, -0.1) is 11.6 Å². The molecule has 0 amide bonds. The first-order chi connectivity index (χ1) is 8.58. The zero-order chi connectivity index (χ0) is 13.5. The van der Waals surface area contributed by atoms with Crippen molar-refractivity contribution < 1.29 is 0 Å². The lowest BCUT2D eigenvalue weighted by Gasteiger charge is -2.21. The Morgan fingerprint density at radius 2 is 1.83 bits per heavy atom. The van der Waals surface area contributed by atoms with Crippen LogP contribution in [0.1, 0.15) is 45.1 Å². The molecule has 0 nitrogen and oxygen atoms in total. The fourth-order valence-electron chi connectivity index (χ4n) is 2.17. The fraction of sp³-hybridized carbons (Fsp3) is 0.600. The highest BCUT2D eigenvalue weighted by Gasteiger charge is 2.17. The summed E-state index contributed by atoms with van der Waals surface area (Å²) in [7, 11) is 0. The number of rotatable bonds is 7. The molecule has 0 radical (unpaired) electrons. The second-order valence-electron chi connectivity index (χ2n) is 4.78. The molecule has 3 heteroatoms. The molecule has 1 aromatic carbocycles. The normalized spacial score (nSPS) is 14.5. The molecule has 2 atom stereocenters. The van der Waals surface area contributed by atoms with Crippen LogP contribution in [0.4, 0.5) is 0 Å². The Morgan fingerprint density at radius 3 is 2.39 bits per heavy atom. The van der Waals surface area contributed by atoms with E-state index in [1.165, 1.54) is 24.8 Å². The Balaban J connectivity index is 2.61. The lowest BCUT2D eigenvalue weighted by atomic mass is 9.92. The van der Waals surface area contributed by atoms with Gasteiger partial charge in [0.1, 0.15) is 0 Å². The average molecular weight is 308 g/mol. The Bertz CT molecular complexity index is 363. The maximum Gasteiger partial charge on any atom is 0.0595 e. The maximum absolute atomic E-state index is 6.53. The number of hydrogen-bond acceptors (Lipinski definition) is 0. The van der Waals surface area contributed by atoms with Crippen LogP contribution in [-0.2, 0) is 6.42 Å². The van der Waals surface area contributed by atoms with Gasteiger partial charge in [0.2, 0.25) is 0 Å². The van der Waals surface area contributed by atoms with Crippen molar-refractivity contribution in [3.63, 3.8) is 0 Å². The van der Waals surface area contributed by atoms with Crippen LogP contribution in [0.5, 0.6) is 0 Å². The molecule has 1 aromatic rings. The number of halogens is 3. The highest BCUT2D eigenvalue weighted by Crippen LogP contribution is 2.27. The predicted molar refractivity (Wildman–Crippen MR) is 83.1 cm³/mol. The SMILES string of the molecule is CCCCC(CC)C(Cl)Cc1ccc(Cl)c(Cl)c1. The minimum absolute atomic E-state index is 0.179. The zero-order valence-corrected chi connectivity index (χ0v) is 13.3. The molecule has 0 aliphatic carbocycles. The first-order valence-electron chi connectivity index (χ1n) is 6.66. The van der Waals surface area contributed by atoms with Gasteiger partial charge in [-0.25, -0.2) is 0 Å². The van der Waals surface area contributed by atoms with Crippen LogP contribution in [0.25, 0.3) is 0 Å². The maximum atomic E-state index is 6.53. The molecule has 0 saturated carbocycles. The van der Waals surface area contributed by atoms with E-state index in [1.807, 2.05) is 18.2 Å². The summed E-state index contributed by atoms with van der Waals surface area (Å²) < 4.78 is 0. The van der Waals surface area contributed by atoms with Gasteiger partial charge >= 0.3 is 0 Å². The van der Waals surface area contributed by atoms with Crippen molar-refractivity contribution in [1.29, 1.82) is 0 Å². The summed E-state index contributed by atoms with van der Waals surface area (Å²) in [5.41, 5.74) is 1.17. The Hall–Kier alpha value is 0.0900. The van der Waals surface area contributed by atoms with Crippen LogP contribution in [-0.4, -0.2) is 5.38 Å². The van der Waals surface area contributed by atoms with Gasteiger partial charge in [-0.1, -0.05) is 62.4 Å². The molecular formula is C15H21Cl3. The minimum atomic E-state index is 0.179. The Morgan fingerprint density at radius 1 is 1.11 bits per heavy atom. The standard InChI is InChI=1S/C15H21Cl3/c1-3-5-6-12(4-2)14(17)9-11-7-8-13(16)15(18)10-11/h7-8,10,12,14H,3-6,9H2,1-2H3. The van der Waals surface area contributed by atoms with Gasteiger partial charge in [0.25, 0.3) is 0 Å². The number of hydrogen-bond donors (Lipinski definition) is 0. The molecule has 2 unspecified atom stereocenters. The average Bonchev–Trinajstić information content (AvgIpc) is 2.35. The fourth-order valence-corrected chi connectivity index (χ4v) is 2.97. The van der Waals surface area contributed by atoms with Crippen molar-refractivity contribution in [2.45, 2.75) is 51.3 Å². The Kier molecular flexibility index (Phi) is 7.44. The molecule has 18 heavy (non-hydrogen) atoms. The molecule has 0 spiro atoms. The molecule has 0 bridgehead atoms. The van der Waals surface area contributed by atoms with E-state index in [9.17, 15) is 0 Å². The van der Waals surface area contributed by atoms with E-state index in [1.54, 1.807) is 0 Å². The van der Waals surface area contributed by atoms with Gasteiger partial charge in [-0.05, 0) is 36.5 Å². The molecular weight excluding hydrogens is 287 g/mol. The first-order valence-corrected chi connectivity index (χ1v) is 7.85. The molecule has 102 valence electrons. The summed E-state index contributed by atoms with van der Waals surface area (Å²) >= 11 is 18.5. The zero-order valence-electron chi connectivity index (χ0n) is 11.1. The quantitative estimate of drug-likeness (QED) is 0.514. The first kappa shape index (κ1) is 16.1. The lowest BCUT2D eigenvalue weighted by molar-refractivity contribution is 0.428. The summed E-state index contributed by atoms with van der Waals surface area (Å²) in [6, 6.07) is 5.78. The summed E-state index contributed by atoms with van der Waals surface area (Å²) in [6.45, 7) is 4.43. The van der Waals surface area contributed by atoms with Crippen molar-refractivity contribution in [2.24, 2.45) is 5.92 Å². The molecule has 0 fully saturated rings. The van der Waals surface area contributed by atoms with E-state index in [-0.39, 0.29) is 5.38 Å². The molecule has 0 aliphatic heterocycles. The molecule has 0 N–H and O–H groups in total. The Labute approximate surface area is 126 Å². The van der Waals surface area contributed by atoms with Crippen molar-refractivity contribution in [1.82, 2.24) is 0 Å². The predicted octanol–water partition coefficient (Wildman–Crippen LogP) is 6.36. The molecule has 1 rings (SSSR count). The van der Waals surface area contributed by atoms with Crippen LogP contribution in [0.15, 0.2) is 18.2 Å². The second-order valence-corrected chi connectivity index (χ2v) is 6.15. The minimum Gasteiger partial charge on any atom is -0.122 e. The van der Waals surface area contributed by atoms with Gasteiger partial charge in [-0.2, -0.15) is 0 Å². The summed E-state index contributed by atoms with van der Waals surface area (Å²) in [5.74, 6) is 0.584. The highest BCUT2D eigenvalue weighted by molar-refractivity contribution is 6.42. The third kappa shape index (κ3) is 4.99. The van der Waals surface area contributed by atoms with Gasteiger partial charge in [0, 0.05) is 5.38 Å². The monoisotopic (exact) mass is 306 g/mol. The topological polar surface area (TPSA) is 0 Å². The van der Waals surface area contributed by atoms with Crippen molar-refractivity contribution in [3.05, 3.63) is 33.8 Å². The highest BCUT2D eigenvalue weighted by atomic mass is 35.5. The molecule has 0 aromatic heterocycles. The second kappa shape index (κ2) is 8.30. The van der Waals surface area contributed by atoms with Crippen molar-refractivity contribution >= 4 is 34.8 Å². The smallest absolute Gasteiger partial charge is 0.0595 e. The van der Waals surface area contributed by atoms with E-state index in [4.69, 9.17) is 34.8 Å². The van der Waals surface area contributed by atoms with Crippen LogP contribution >= 0.6 is 34.8 Å². The van der Waals surface area contributed by atoms with E-state index < -0.39 is 0 Å². The molecule has 0 aliphatic rings. The number of alkyl halides is 1. The van der Waals surface area contributed by atoms with E-state index in [0.717, 1.165) is 12.8 Å². The number of benzene rings is 1. The largest absolute Gasteiger partial charge is 0.122 e. The molecule has 0 heterocycles. The van der Waals surface area contributed by atoms with E-state index in [0.29, 0.717) is 16.0 Å². The van der Waals surface area contributed by atoms with Crippen LogP contribution < -0.4 is 0 Å². The van der Waals surface area contributed by atoms with Crippen LogP contribution in [0.2, 0.25) is 10.0 Å².